The van der Waals surface area contributed by atoms with Crippen LogP contribution in [0.2, 0.25) is 5.02 Å². The minimum absolute atomic E-state index is 0.115. The summed E-state index contributed by atoms with van der Waals surface area (Å²) in [5, 5.41) is 0.220. The molecule has 4 nitrogen and oxygen atoms in total. The molecule has 0 spiro atoms. The molecule has 1 saturated heterocycles. The molecule has 0 aromatic heterocycles. The molecular weight excluding hydrogens is 297 g/mol. The molecule has 0 N–H and O–H groups in total. The molecule has 1 aliphatic heterocycles. The van der Waals surface area contributed by atoms with E-state index in [9.17, 15) is 8.42 Å². The third-order valence-electron chi connectivity index (χ3n) is 2.77. The Morgan fingerprint density at radius 1 is 1.39 bits per heavy atom. The summed E-state index contributed by atoms with van der Waals surface area (Å²) in [6, 6.07) is 6.05. The summed E-state index contributed by atoms with van der Waals surface area (Å²) in [6.07, 6.45) is 0. The highest BCUT2D eigenvalue weighted by Gasteiger charge is 2.34. The van der Waals surface area contributed by atoms with Crippen LogP contribution in [0.5, 0.6) is 0 Å². The van der Waals surface area contributed by atoms with Crippen molar-refractivity contribution in [2.24, 2.45) is 0 Å². The topological polar surface area (TPSA) is 46.6 Å². The van der Waals surface area contributed by atoms with E-state index in [1.165, 1.54) is 10.4 Å². The molecule has 0 amide bonds. The largest absolute Gasteiger partial charge is 0.378 e. The van der Waals surface area contributed by atoms with Crippen molar-refractivity contribution in [2.75, 3.05) is 25.6 Å². The van der Waals surface area contributed by atoms with Gasteiger partial charge in [-0.1, -0.05) is 23.7 Å². The molecule has 0 radical (unpaired) electrons. The van der Waals surface area contributed by atoms with Crippen molar-refractivity contribution in [3.05, 3.63) is 29.3 Å². The van der Waals surface area contributed by atoms with Crippen LogP contribution in [0.1, 0.15) is 0 Å². The van der Waals surface area contributed by atoms with Crippen molar-refractivity contribution in [3.63, 3.8) is 0 Å². The van der Waals surface area contributed by atoms with E-state index in [1.807, 2.05) is 0 Å². The first kappa shape index (κ1) is 14.1. The van der Waals surface area contributed by atoms with Crippen LogP contribution in [0.25, 0.3) is 0 Å². The Morgan fingerprint density at radius 2 is 2.11 bits per heavy atom. The van der Waals surface area contributed by atoms with Gasteiger partial charge in [-0.2, -0.15) is 4.31 Å². The lowest BCUT2D eigenvalue weighted by atomic mass is 10.3. The molecule has 0 bridgehead atoms. The Morgan fingerprint density at radius 3 is 2.78 bits per heavy atom. The number of halogens is 2. The smallest absolute Gasteiger partial charge is 0.245 e. The minimum atomic E-state index is -3.62. The third-order valence-corrected chi connectivity index (χ3v) is 5.58. The average molecular weight is 310 g/mol. The second-order valence-electron chi connectivity index (χ2n) is 3.93. The van der Waals surface area contributed by atoms with Gasteiger partial charge in [-0.3, -0.25) is 0 Å². The molecule has 2 rings (SSSR count). The molecule has 1 aromatic rings. The summed E-state index contributed by atoms with van der Waals surface area (Å²) >= 11 is 11.7. The highest BCUT2D eigenvalue weighted by atomic mass is 35.5. The fraction of sp³-hybridized carbons (Fsp3) is 0.455. The van der Waals surface area contributed by atoms with Crippen molar-refractivity contribution in [1.29, 1.82) is 0 Å². The molecule has 1 heterocycles. The molecule has 7 heteroatoms. The first-order valence-electron chi connectivity index (χ1n) is 5.47. The van der Waals surface area contributed by atoms with Gasteiger partial charge < -0.3 is 4.74 Å². The number of sulfonamides is 1. The SMILES string of the molecule is O=S(=O)(c1ccccc1Cl)N1CCOCC1CCl. The number of ether oxygens (including phenoxy) is 1. The standard InChI is InChI=1S/C11H13Cl2NO3S/c12-7-9-8-17-6-5-14(9)18(15,16)11-4-2-1-3-10(11)13/h1-4,9H,5-8H2. The van der Waals surface area contributed by atoms with Gasteiger partial charge in [0, 0.05) is 12.4 Å². The molecule has 1 aliphatic rings. The summed E-state index contributed by atoms with van der Waals surface area (Å²) in [5.74, 6) is 0.198. The molecule has 0 saturated carbocycles. The maximum Gasteiger partial charge on any atom is 0.245 e. The van der Waals surface area contributed by atoms with Crippen LogP contribution < -0.4 is 0 Å². The lowest BCUT2D eigenvalue weighted by Gasteiger charge is -2.33. The summed E-state index contributed by atoms with van der Waals surface area (Å²) in [6.45, 7) is 0.981. The quantitative estimate of drug-likeness (QED) is 0.802. The van der Waals surface area contributed by atoms with Crippen LogP contribution in [0.3, 0.4) is 0 Å². The number of hydrogen-bond donors (Lipinski definition) is 0. The van der Waals surface area contributed by atoms with Gasteiger partial charge in [0.05, 0.1) is 24.3 Å². The van der Waals surface area contributed by atoms with E-state index < -0.39 is 10.0 Å². The Hall–Kier alpha value is -0.330. The van der Waals surface area contributed by atoms with E-state index in [0.29, 0.717) is 19.8 Å². The second kappa shape index (κ2) is 5.75. The minimum Gasteiger partial charge on any atom is -0.378 e. The first-order valence-corrected chi connectivity index (χ1v) is 7.82. The summed E-state index contributed by atoms with van der Waals surface area (Å²) in [4.78, 5) is 0.115. The number of nitrogens with zero attached hydrogens (tertiary/aromatic N) is 1. The Labute approximate surface area is 116 Å². The van der Waals surface area contributed by atoms with Gasteiger partial charge in [-0.05, 0) is 12.1 Å². The normalized spacial score (nSPS) is 22.0. The predicted molar refractivity (Wildman–Crippen MR) is 70.7 cm³/mol. The molecule has 0 aliphatic carbocycles. The number of rotatable bonds is 3. The van der Waals surface area contributed by atoms with Gasteiger partial charge in [0.15, 0.2) is 0 Å². The zero-order chi connectivity index (χ0) is 13.2. The zero-order valence-corrected chi connectivity index (χ0v) is 11.9. The van der Waals surface area contributed by atoms with E-state index in [4.69, 9.17) is 27.9 Å². The Balaban J connectivity index is 2.39. The van der Waals surface area contributed by atoms with Crippen molar-refractivity contribution in [2.45, 2.75) is 10.9 Å². The predicted octanol–water partition coefficient (Wildman–Crippen LogP) is 1.97. The fourth-order valence-electron chi connectivity index (χ4n) is 1.86. The van der Waals surface area contributed by atoms with Gasteiger partial charge in [0.2, 0.25) is 10.0 Å². The van der Waals surface area contributed by atoms with Crippen LogP contribution in [0, 0.1) is 0 Å². The van der Waals surface area contributed by atoms with Gasteiger partial charge in [-0.15, -0.1) is 11.6 Å². The molecule has 1 unspecified atom stereocenters. The molecular formula is C11H13Cl2NO3S. The first-order chi connectivity index (χ1) is 8.57. The monoisotopic (exact) mass is 309 g/mol. The second-order valence-corrected chi connectivity index (χ2v) is 6.50. The fourth-order valence-corrected chi connectivity index (χ4v) is 4.28. The number of hydrogen-bond acceptors (Lipinski definition) is 3. The summed E-state index contributed by atoms with van der Waals surface area (Å²) in [5.41, 5.74) is 0. The van der Waals surface area contributed by atoms with Crippen molar-refractivity contribution >= 4 is 33.2 Å². The Bertz CT molecular complexity index is 521. The van der Waals surface area contributed by atoms with Crippen LogP contribution >= 0.6 is 23.2 Å². The van der Waals surface area contributed by atoms with E-state index in [0.717, 1.165) is 0 Å². The van der Waals surface area contributed by atoms with E-state index >= 15 is 0 Å². The highest BCUT2D eigenvalue weighted by Crippen LogP contribution is 2.26. The van der Waals surface area contributed by atoms with Crippen molar-refractivity contribution in [3.8, 4) is 0 Å². The maximum absolute atomic E-state index is 12.5. The van der Waals surface area contributed by atoms with E-state index in [-0.39, 0.29) is 21.8 Å². The van der Waals surface area contributed by atoms with Crippen LogP contribution in [0.4, 0.5) is 0 Å². The van der Waals surface area contributed by atoms with Gasteiger partial charge in [-0.25, -0.2) is 8.42 Å². The number of alkyl halides is 1. The molecule has 1 fully saturated rings. The highest BCUT2D eigenvalue weighted by molar-refractivity contribution is 7.89. The van der Waals surface area contributed by atoms with E-state index in [2.05, 4.69) is 0 Å². The van der Waals surface area contributed by atoms with Crippen LogP contribution in [-0.4, -0.2) is 44.4 Å². The zero-order valence-electron chi connectivity index (χ0n) is 9.55. The number of benzene rings is 1. The van der Waals surface area contributed by atoms with E-state index in [1.54, 1.807) is 18.2 Å². The maximum atomic E-state index is 12.5. The third kappa shape index (κ3) is 2.65. The van der Waals surface area contributed by atoms with Gasteiger partial charge >= 0.3 is 0 Å². The molecule has 1 atom stereocenters. The van der Waals surface area contributed by atoms with Crippen molar-refractivity contribution in [1.82, 2.24) is 4.31 Å². The van der Waals surface area contributed by atoms with Gasteiger partial charge in [0.25, 0.3) is 0 Å². The lowest BCUT2D eigenvalue weighted by Crippen LogP contribution is -2.49. The van der Waals surface area contributed by atoms with Crippen LogP contribution in [-0.2, 0) is 14.8 Å². The van der Waals surface area contributed by atoms with Crippen LogP contribution in [0.15, 0.2) is 29.2 Å². The average Bonchev–Trinajstić information content (AvgIpc) is 2.39. The number of morpholine rings is 1. The lowest BCUT2D eigenvalue weighted by molar-refractivity contribution is 0.0404. The van der Waals surface area contributed by atoms with Crippen molar-refractivity contribution < 1.29 is 13.2 Å². The molecule has 100 valence electrons. The molecule has 18 heavy (non-hydrogen) atoms. The summed E-state index contributed by atoms with van der Waals surface area (Å²) < 4.78 is 31.6. The van der Waals surface area contributed by atoms with Gasteiger partial charge in [0.1, 0.15) is 4.90 Å². The Kier molecular flexibility index (Phi) is 4.50. The molecule has 1 aromatic carbocycles. The summed E-state index contributed by atoms with van der Waals surface area (Å²) in [7, 11) is -3.62.